The Morgan fingerprint density at radius 3 is 2.40 bits per heavy atom. The Kier molecular flexibility index (Phi) is 6.69. The maximum Gasteiger partial charge on any atom is 0.261 e. The van der Waals surface area contributed by atoms with Gasteiger partial charge in [-0.25, -0.2) is 0 Å². The van der Waals surface area contributed by atoms with Crippen molar-refractivity contribution >= 4 is 5.91 Å². The van der Waals surface area contributed by atoms with Crippen LogP contribution in [0.3, 0.4) is 0 Å². The van der Waals surface area contributed by atoms with Gasteiger partial charge in [-0.3, -0.25) is 4.79 Å². The molecule has 0 saturated heterocycles. The number of hydrogen-bond donors (Lipinski definition) is 1. The van der Waals surface area contributed by atoms with E-state index in [2.05, 4.69) is 5.32 Å². The van der Waals surface area contributed by atoms with E-state index in [-0.39, 0.29) is 12.0 Å². The Morgan fingerprint density at radius 2 is 1.72 bits per heavy atom. The van der Waals surface area contributed by atoms with E-state index >= 15 is 0 Å². The van der Waals surface area contributed by atoms with Crippen LogP contribution in [0, 0.1) is 0 Å². The van der Waals surface area contributed by atoms with Gasteiger partial charge in [-0.1, -0.05) is 24.3 Å². The first-order valence-corrected chi connectivity index (χ1v) is 8.32. The lowest BCUT2D eigenvalue weighted by Gasteiger charge is -2.17. The number of ether oxygens (including phenoxy) is 3. The van der Waals surface area contributed by atoms with E-state index < -0.39 is 6.10 Å². The number of carbonyl (C=O) groups is 1. The minimum absolute atomic E-state index is 0.110. The topological polar surface area (TPSA) is 56.8 Å². The molecule has 0 aliphatic rings. The average Bonchev–Trinajstić information content (AvgIpc) is 2.59. The molecular weight excluding hydrogens is 318 g/mol. The normalized spacial score (nSPS) is 11.7. The molecule has 5 heteroatoms. The lowest BCUT2D eigenvalue weighted by atomic mass is 10.2. The minimum Gasteiger partial charge on any atom is -0.493 e. The van der Waals surface area contributed by atoms with E-state index in [4.69, 9.17) is 14.2 Å². The van der Waals surface area contributed by atoms with Crippen molar-refractivity contribution in [2.75, 3.05) is 7.11 Å². The summed E-state index contributed by atoms with van der Waals surface area (Å²) in [5, 5.41) is 2.88. The summed E-state index contributed by atoms with van der Waals surface area (Å²) in [5.41, 5.74) is 0.969. The van der Waals surface area contributed by atoms with Gasteiger partial charge < -0.3 is 19.5 Å². The van der Waals surface area contributed by atoms with Gasteiger partial charge in [-0.2, -0.15) is 0 Å². The summed E-state index contributed by atoms with van der Waals surface area (Å²) in [5.74, 6) is 1.74. The molecule has 0 radical (unpaired) electrons. The minimum atomic E-state index is -0.633. The number of amides is 1. The lowest BCUT2D eigenvalue weighted by molar-refractivity contribution is -0.127. The van der Waals surface area contributed by atoms with E-state index in [1.807, 2.05) is 50.2 Å². The van der Waals surface area contributed by atoms with Crippen LogP contribution < -0.4 is 19.5 Å². The number of hydrogen-bond acceptors (Lipinski definition) is 4. The van der Waals surface area contributed by atoms with Crippen LogP contribution in [0.2, 0.25) is 0 Å². The van der Waals surface area contributed by atoms with Gasteiger partial charge in [-0.05, 0) is 50.6 Å². The van der Waals surface area contributed by atoms with E-state index in [1.54, 1.807) is 26.2 Å². The Labute approximate surface area is 148 Å². The molecule has 5 nitrogen and oxygen atoms in total. The zero-order valence-corrected chi connectivity index (χ0v) is 15.1. The third-order valence-corrected chi connectivity index (χ3v) is 3.48. The van der Waals surface area contributed by atoms with Gasteiger partial charge in [0.15, 0.2) is 17.6 Å². The molecule has 25 heavy (non-hydrogen) atoms. The standard InChI is InChI=1S/C20H25NO4/c1-14(2)24-17-9-7-8-16(12-17)13-21-20(22)15(3)25-19-11-6-5-10-18(19)23-4/h5-12,14-15H,13H2,1-4H3,(H,21,22)/t15-/m1/s1. The van der Waals surface area contributed by atoms with E-state index in [1.165, 1.54) is 0 Å². The first kappa shape index (κ1) is 18.6. The van der Waals surface area contributed by atoms with Crippen molar-refractivity contribution in [1.82, 2.24) is 5.32 Å². The second-order valence-electron chi connectivity index (χ2n) is 5.94. The molecule has 0 fully saturated rings. The maximum absolute atomic E-state index is 12.3. The quantitative estimate of drug-likeness (QED) is 0.796. The van der Waals surface area contributed by atoms with Crippen LogP contribution in [0.15, 0.2) is 48.5 Å². The van der Waals surface area contributed by atoms with Crippen molar-refractivity contribution in [3.05, 3.63) is 54.1 Å². The zero-order chi connectivity index (χ0) is 18.2. The summed E-state index contributed by atoms with van der Waals surface area (Å²) in [6, 6.07) is 14.9. The van der Waals surface area contributed by atoms with Crippen molar-refractivity contribution < 1.29 is 19.0 Å². The Balaban J connectivity index is 1.91. The maximum atomic E-state index is 12.3. The third-order valence-electron chi connectivity index (χ3n) is 3.48. The monoisotopic (exact) mass is 343 g/mol. The van der Waals surface area contributed by atoms with E-state index in [0.29, 0.717) is 18.0 Å². The molecule has 0 bridgehead atoms. The summed E-state index contributed by atoms with van der Waals surface area (Å²) in [7, 11) is 1.57. The van der Waals surface area contributed by atoms with E-state index in [9.17, 15) is 4.79 Å². The highest BCUT2D eigenvalue weighted by atomic mass is 16.5. The fraction of sp³-hybridized carbons (Fsp3) is 0.350. The average molecular weight is 343 g/mol. The predicted octanol–water partition coefficient (Wildman–Crippen LogP) is 3.57. The summed E-state index contributed by atoms with van der Waals surface area (Å²) in [6.07, 6.45) is -0.523. The van der Waals surface area contributed by atoms with Crippen LogP contribution >= 0.6 is 0 Å². The molecular formula is C20H25NO4. The number of methoxy groups -OCH3 is 1. The number of rotatable bonds is 8. The summed E-state index contributed by atoms with van der Waals surface area (Å²) in [4.78, 5) is 12.3. The zero-order valence-electron chi connectivity index (χ0n) is 15.1. The molecule has 0 aliphatic heterocycles. The number of carbonyl (C=O) groups excluding carboxylic acids is 1. The molecule has 0 heterocycles. The Hall–Kier alpha value is -2.69. The number of benzene rings is 2. The molecule has 0 saturated carbocycles. The van der Waals surface area contributed by atoms with Gasteiger partial charge in [0.1, 0.15) is 5.75 Å². The van der Waals surface area contributed by atoms with Crippen LogP contribution in [0.4, 0.5) is 0 Å². The SMILES string of the molecule is COc1ccccc1O[C@H](C)C(=O)NCc1cccc(OC(C)C)c1. The molecule has 2 aromatic rings. The van der Waals surface area contributed by atoms with Gasteiger partial charge in [0, 0.05) is 6.54 Å². The van der Waals surface area contributed by atoms with Gasteiger partial charge in [-0.15, -0.1) is 0 Å². The van der Waals surface area contributed by atoms with Crippen molar-refractivity contribution in [3.8, 4) is 17.2 Å². The fourth-order valence-corrected chi connectivity index (χ4v) is 2.29. The van der Waals surface area contributed by atoms with Crippen LogP contribution in [-0.2, 0) is 11.3 Å². The largest absolute Gasteiger partial charge is 0.493 e. The molecule has 2 aromatic carbocycles. The van der Waals surface area contributed by atoms with Gasteiger partial charge in [0.05, 0.1) is 13.2 Å². The lowest BCUT2D eigenvalue weighted by Crippen LogP contribution is -2.35. The van der Waals surface area contributed by atoms with Crippen LogP contribution in [-0.4, -0.2) is 25.2 Å². The van der Waals surface area contributed by atoms with Crippen LogP contribution in [0.1, 0.15) is 26.3 Å². The van der Waals surface area contributed by atoms with Crippen molar-refractivity contribution in [3.63, 3.8) is 0 Å². The summed E-state index contributed by atoms with van der Waals surface area (Å²) < 4.78 is 16.6. The Bertz CT molecular complexity index is 700. The molecule has 134 valence electrons. The fourth-order valence-electron chi connectivity index (χ4n) is 2.29. The Morgan fingerprint density at radius 1 is 1.00 bits per heavy atom. The molecule has 1 amide bonds. The van der Waals surface area contributed by atoms with Crippen molar-refractivity contribution in [1.29, 1.82) is 0 Å². The highest BCUT2D eigenvalue weighted by Gasteiger charge is 2.16. The van der Waals surface area contributed by atoms with Gasteiger partial charge >= 0.3 is 0 Å². The molecule has 2 rings (SSSR count). The van der Waals surface area contributed by atoms with Gasteiger partial charge in [0.25, 0.3) is 5.91 Å². The number of para-hydroxylation sites is 2. The molecule has 0 unspecified atom stereocenters. The van der Waals surface area contributed by atoms with Crippen LogP contribution in [0.25, 0.3) is 0 Å². The van der Waals surface area contributed by atoms with Crippen molar-refractivity contribution in [2.45, 2.75) is 39.5 Å². The molecule has 0 aromatic heterocycles. The van der Waals surface area contributed by atoms with Crippen molar-refractivity contribution in [2.24, 2.45) is 0 Å². The summed E-state index contributed by atoms with van der Waals surface area (Å²) in [6.45, 7) is 6.07. The molecule has 0 aliphatic carbocycles. The smallest absolute Gasteiger partial charge is 0.261 e. The van der Waals surface area contributed by atoms with E-state index in [0.717, 1.165) is 11.3 Å². The highest BCUT2D eigenvalue weighted by Crippen LogP contribution is 2.26. The first-order chi connectivity index (χ1) is 12.0. The van der Waals surface area contributed by atoms with Crippen LogP contribution in [0.5, 0.6) is 17.2 Å². The molecule has 0 spiro atoms. The third kappa shape index (κ3) is 5.71. The second-order valence-corrected chi connectivity index (χ2v) is 5.94. The molecule has 1 atom stereocenters. The first-order valence-electron chi connectivity index (χ1n) is 8.32. The highest BCUT2D eigenvalue weighted by molar-refractivity contribution is 5.80. The number of nitrogens with one attached hydrogen (secondary N) is 1. The predicted molar refractivity (Wildman–Crippen MR) is 97.1 cm³/mol. The van der Waals surface area contributed by atoms with Gasteiger partial charge in [0.2, 0.25) is 0 Å². The summed E-state index contributed by atoms with van der Waals surface area (Å²) >= 11 is 0. The molecule has 1 N–H and O–H groups in total. The second kappa shape index (κ2) is 8.97.